The van der Waals surface area contributed by atoms with Gasteiger partial charge in [-0.25, -0.2) is 0 Å². The van der Waals surface area contributed by atoms with Gasteiger partial charge >= 0.3 is 0 Å². The second-order valence-electron chi connectivity index (χ2n) is 5.69. The Labute approximate surface area is 133 Å². The first kappa shape index (κ1) is 17.1. The predicted octanol–water partition coefficient (Wildman–Crippen LogP) is 1.76. The van der Waals surface area contributed by atoms with Crippen LogP contribution in [0.5, 0.6) is 11.5 Å². The van der Waals surface area contributed by atoms with Crippen LogP contribution in [0.3, 0.4) is 0 Å². The Morgan fingerprint density at radius 2 is 1.68 bits per heavy atom. The molecule has 0 aromatic heterocycles. The maximum absolute atomic E-state index is 10.5. The molecule has 1 heterocycles. The van der Waals surface area contributed by atoms with Gasteiger partial charge in [-0.05, 0) is 38.6 Å². The monoisotopic (exact) mass is 308 g/mol. The quantitative estimate of drug-likeness (QED) is 0.832. The van der Waals surface area contributed by atoms with Crippen molar-refractivity contribution >= 4 is 0 Å². The number of piperazine rings is 1. The molecule has 22 heavy (non-hydrogen) atoms. The molecule has 5 nitrogen and oxygen atoms in total. The number of rotatable bonds is 7. The number of aliphatic hydroxyl groups excluding tert-OH is 1. The molecule has 0 spiro atoms. The van der Waals surface area contributed by atoms with Crippen LogP contribution in [-0.2, 0) is 0 Å². The van der Waals surface area contributed by atoms with Crippen LogP contribution in [0.15, 0.2) is 18.2 Å². The number of nitrogens with zero attached hydrogens (tertiary/aromatic N) is 2. The molecule has 1 aromatic rings. The van der Waals surface area contributed by atoms with Gasteiger partial charge in [-0.1, -0.05) is 6.07 Å². The largest absolute Gasteiger partial charge is 0.490 e. The molecular weight excluding hydrogens is 280 g/mol. The lowest BCUT2D eigenvalue weighted by molar-refractivity contribution is 0.0803. The third-order valence-electron chi connectivity index (χ3n) is 3.98. The van der Waals surface area contributed by atoms with Crippen LogP contribution in [0.2, 0.25) is 0 Å². The average Bonchev–Trinajstić information content (AvgIpc) is 2.51. The number of hydrogen-bond donors (Lipinski definition) is 1. The number of benzene rings is 1. The minimum absolute atomic E-state index is 0.502. The first-order chi connectivity index (χ1) is 10.6. The van der Waals surface area contributed by atoms with Crippen molar-refractivity contribution in [3.8, 4) is 11.5 Å². The summed E-state index contributed by atoms with van der Waals surface area (Å²) in [7, 11) is 2.13. The fraction of sp³-hybridized carbons (Fsp3) is 0.647. The fourth-order valence-electron chi connectivity index (χ4n) is 2.66. The molecule has 1 unspecified atom stereocenters. The van der Waals surface area contributed by atoms with E-state index in [0.29, 0.717) is 25.5 Å². The molecule has 1 aromatic carbocycles. The SMILES string of the molecule is CCOc1ccc(C(O)CN2CCN(C)CC2)cc1OCC. The van der Waals surface area contributed by atoms with Gasteiger partial charge in [0.05, 0.1) is 19.3 Å². The van der Waals surface area contributed by atoms with Crippen LogP contribution in [0.4, 0.5) is 0 Å². The van der Waals surface area contributed by atoms with Gasteiger partial charge in [0.1, 0.15) is 0 Å². The zero-order valence-corrected chi connectivity index (χ0v) is 13.9. The second kappa shape index (κ2) is 8.36. The van der Waals surface area contributed by atoms with E-state index in [-0.39, 0.29) is 0 Å². The summed E-state index contributed by atoms with van der Waals surface area (Å²) in [6.07, 6.45) is -0.502. The normalized spacial score (nSPS) is 18.2. The van der Waals surface area contributed by atoms with Crippen molar-refractivity contribution in [1.82, 2.24) is 9.80 Å². The Morgan fingerprint density at radius 3 is 2.32 bits per heavy atom. The number of likely N-dealkylation sites (N-methyl/N-ethyl adjacent to an activating group) is 1. The van der Waals surface area contributed by atoms with E-state index >= 15 is 0 Å². The summed E-state index contributed by atoms with van der Waals surface area (Å²) in [4.78, 5) is 4.62. The molecular formula is C17H28N2O3. The molecule has 0 saturated carbocycles. The highest BCUT2D eigenvalue weighted by atomic mass is 16.5. The Kier molecular flexibility index (Phi) is 6.49. The second-order valence-corrected chi connectivity index (χ2v) is 5.69. The van der Waals surface area contributed by atoms with Crippen molar-refractivity contribution in [2.75, 3.05) is 53.0 Å². The highest BCUT2D eigenvalue weighted by Gasteiger charge is 2.19. The highest BCUT2D eigenvalue weighted by molar-refractivity contribution is 5.43. The molecule has 124 valence electrons. The molecule has 0 aliphatic carbocycles. The van der Waals surface area contributed by atoms with Gasteiger partial charge in [0.15, 0.2) is 11.5 Å². The lowest BCUT2D eigenvalue weighted by atomic mass is 10.1. The molecule has 1 aliphatic heterocycles. The minimum atomic E-state index is -0.502. The van der Waals surface area contributed by atoms with Crippen LogP contribution < -0.4 is 9.47 Å². The Hall–Kier alpha value is -1.30. The fourth-order valence-corrected chi connectivity index (χ4v) is 2.66. The number of ether oxygens (including phenoxy) is 2. The predicted molar refractivity (Wildman–Crippen MR) is 87.7 cm³/mol. The first-order valence-electron chi connectivity index (χ1n) is 8.12. The smallest absolute Gasteiger partial charge is 0.161 e. The van der Waals surface area contributed by atoms with E-state index in [1.165, 1.54) is 0 Å². The summed E-state index contributed by atoms with van der Waals surface area (Å²) >= 11 is 0. The van der Waals surface area contributed by atoms with Crippen molar-refractivity contribution in [2.24, 2.45) is 0 Å². The van der Waals surface area contributed by atoms with E-state index in [1.54, 1.807) is 0 Å². The summed E-state index contributed by atoms with van der Waals surface area (Å²) in [6, 6.07) is 5.71. The van der Waals surface area contributed by atoms with E-state index in [4.69, 9.17) is 9.47 Å². The lowest BCUT2D eigenvalue weighted by Crippen LogP contribution is -2.45. The molecule has 0 radical (unpaired) electrons. The number of hydrogen-bond acceptors (Lipinski definition) is 5. The van der Waals surface area contributed by atoms with Crippen molar-refractivity contribution in [1.29, 1.82) is 0 Å². The molecule has 5 heteroatoms. The van der Waals surface area contributed by atoms with Gasteiger partial charge in [-0.15, -0.1) is 0 Å². The molecule has 0 amide bonds. The number of β-amino-alcohol motifs (C(OH)–C–C–N with tert-alkyl or cyclic N) is 1. The Morgan fingerprint density at radius 1 is 1.05 bits per heavy atom. The molecule has 1 atom stereocenters. The molecule has 1 N–H and O–H groups in total. The lowest BCUT2D eigenvalue weighted by Gasteiger charge is -2.33. The average molecular weight is 308 g/mol. The van der Waals surface area contributed by atoms with Crippen molar-refractivity contribution in [3.63, 3.8) is 0 Å². The van der Waals surface area contributed by atoms with E-state index in [0.717, 1.165) is 37.5 Å². The molecule has 1 fully saturated rings. The van der Waals surface area contributed by atoms with Crippen LogP contribution in [0, 0.1) is 0 Å². The van der Waals surface area contributed by atoms with E-state index in [1.807, 2.05) is 32.0 Å². The highest BCUT2D eigenvalue weighted by Crippen LogP contribution is 2.31. The Balaban J connectivity index is 2.02. The van der Waals surface area contributed by atoms with Gasteiger partial charge < -0.3 is 19.5 Å². The molecule has 2 rings (SSSR count). The summed E-state index contributed by atoms with van der Waals surface area (Å²) in [5.74, 6) is 1.44. The van der Waals surface area contributed by atoms with Gasteiger partial charge in [-0.3, -0.25) is 4.90 Å². The summed E-state index contributed by atoms with van der Waals surface area (Å²) in [5, 5.41) is 10.5. The van der Waals surface area contributed by atoms with Crippen molar-refractivity contribution < 1.29 is 14.6 Å². The summed E-state index contributed by atoms with van der Waals surface area (Å²) in [6.45, 7) is 9.86. The van der Waals surface area contributed by atoms with Gasteiger partial charge in [0, 0.05) is 32.7 Å². The third-order valence-corrected chi connectivity index (χ3v) is 3.98. The zero-order chi connectivity index (χ0) is 15.9. The summed E-state index contributed by atoms with van der Waals surface area (Å²) < 4.78 is 11.2. The van der Waals surface area contributed by atoms with Gasteiger partial charge in [-0.2, -0.15) is 0 Å². The maximum atomic E-state index is 10.5. The van der Waals surface area contributed by atoms with Crippen LogP contribution in [0.1, 0.15) is 25.5 Å². The van der Waals surface area contributed by atoms with Crippen LogP contribution in [0.25, 0.3) is 0 Å². The third kappa shape index (κ3) is 4.60. The first-order valence-corrected chi connectivity index (χ1v) is 8.12. The summed E-state index contributed by atoms with van der Waals surface area (Å²) in [5.41, 5.74) is 0.880. The molecule has 1 saturated heterocycles. The van der Waals surface area contributed by atoms with E-state index in [9.17, 15) is 5.11 Å². The van der Waals surface area contributed by atoms with Gasteiger partial charge in [0.25, 0.3) is 0 Å². The van der Waals surface area contributed by atoms with E-state index in [2.05, 4.69) is 16.8 Å². The maximum Gasteiger partial charge on any atom is 0.161 e. The van der Waals surface area contributed by atoms with Crippen LogP contribution in [-0.4, -0.2) is 67.9 Å². The van der Waals surface area contributed by atoms with Crippen LogP contribution >= 0.6 is 0 Å². The van der Waals surface area contributed by atoms with E-state index < -0.39 is 6.10 Å². The van der Waals surface area contributed by atoms with Crippen molar-refractivity contribution in [3.05, 3.63) is 23.8 Å². The Bertz CT molecular complexity index is 459. The topological polar surface area (TPSA) is 45.2 Å². The molecule has 0 bridgehead atoms. The van der Waals surface area contributed by atoms with Crippen molar-refractivity contribution in [2.45, 2.75) is 20.0 Å². The minimum Gasteiger partial charge on any atom is -0.490 e. The standard InChI is InChI=1S/C17H28N2O3/c1-4-21-16-7-6-14(12-17(16)22-5-2)15(20)13-19-10-8-18(3)9-11-19/h6-7,12,15,20H,4-5,8-11,13H2,1-3H3. The van der Waals surface area contributed by atoms with Gasteiger partial charge in [0.2, 0.25) is 0 Å². The molecule has 1 aliphatic rings. The zero-order valence-electron chi connectivity index (χ0n) is 13.9. The number of aliphatic hydroxyl groups is 1.